The fraction of sp³-hybridized carbons (Fsp3) is 0.471. The number of imide groups is 2. The number of piperidine rings is 3. The van der Waals surface area contributed by atoms with Gasteiger partial charge in [-0.1, -0.05) is 0 Å². The number of likely N-dealkylation sites (tertiary alicyclic amines) is 1. The van der Waals surface area contributed by atoms with E-state index in [0.717, 1.165) is 49.4 Å². The summed E-state index contributed by atoms with van der Waals surface area (Å²) in [5.41, 5.74) is 1.10. The molecule has 0 aliphatic carbocycles. The number of hydrogen-bond acceptors (Lipinski definition) is 10. The van der Waals surface area contributed by atoms with E-state index in [-0.39, 0.29) is 40.8 Å². The molecule has 3 fully saturated rings. The third-order valence-corrected chi connectivity index (χ3v) is 11.2. The van der Waals surface area contributed by atoms with Crippen LogP contribution in [0.3, 0.4) is 0 Å². The largest absolute Gasteiger partial charge is 0.493 e. The Morgan fingerprint density at radius 1 is 0.938 bits per heavy atom. The van der Waals surface area contributed by atoms with Gasteiger partial charge in [0, 0.05) is 42.6 Å². The molecule has 14 heteroatoms. The molecule has 252 valence electrons. The van der Waals surface area contributed by atoms with Crippen molar-refractivity contribution in [2.45, 2.75) is 55.6 Å². The van der Waals surface area contributed by atoms with E-state index in [2.05, 4.69) is 32.1 Å². The molecule has 4 aliphatic heterocycles. The first-order valence-corrected chi connectivity index (χ1v) is 17.5. The zero-order chi connectivity index (χ0) is 33.5. The van der Waals surface area contributed by atoms with Crippen LogP contribution < -0.4 is 20.5 Å². The summed E-state index contributed by atoms with van der Waals surface area (Å²) in [7, 11) is 2.12. The van der Waals surface area contributed by atoms with Gasteiger partial charge in [-0.05, 0) is 76.4 Å². The number of fused-ring (bicyclic) bond motifs is 2. The van der Waals surface area contributed by atoms with Crippen molar-refractivity contribution in [1.82, 2.24) is 25.1 Å². The number of aromatic nitrogens is 2. The number of hydrogen-bond donors (Lipinski definition) is 2. The van der Waals surface area contributed by atoms with Gasteiger partial charge in [0.1, 0.15) is 28.8 Å². The number of H-pyrrole nitrogens is 1. The monoisotopic (exact) mass is 676 g/mol. The number of nitrogens with one attached hydrogen (secondary N) is 2. The maximum Gasteiger partial charge on any atom is 0.262 e. The minimum Gasteiger partial charge on any atom is -0.493 e. The molecule has 0 radical (unpaired) electrons. The van der Waals surface area contributed by atoms with Crippen molar-refractivity contribution in [3.05, 3.63) is 63.5 Å². The lowest BCUT2D eigenvalue weighted by Crippen LogP contribution is -2.54. The molecule has 0 spiro atoms. The van der Waals surface area contributed by atoms with Crippen molar-refractivity contribution in [2.24, 2.45) is 5.92 Å². The summed E-state index contributed by atoms with van der Waals surface area (Å²) in [6.45, 7) is 3.85. The molecule has 7 rings (SSSR count). The average molecular weight is 677 g/mol. The summed E-state index contributed by atoms with van der Waals surface area (Å²) in [6.07, 6.45) is 3.93. The van der Waals surface area contributed by atoms with E-state index in [1.165, 1.54) is 6.07 Å². The fourth-order valence-electron chi connectivity index (χ4n) is 6.98. The van der Waals surface area contributed by atoms with Crippen LogP contribution in [-0.2, 0) is 15.3 Å². The van der Waals surface area contributed by atoms with E-state index in [4.69, 9.17) is 4.74 Å². The van der Waals surface area contributed by atoms with E-state index in [1.54, 1.807) is 30.0 Å². The number of nitrogens with zero attached hydrogens (tertiary/aromatic N) is 4. The maximum absolute atomic E-state index is 15.0. The highest BCUT2D eigenvalue weighted by atomic mass is 32.2. The first-order valence-electron chi connectivity index (χ1n) is 16.4. The van der Waals surface area contributed by atoms with Gasteiger partial charge >= 0.3 is 0 Å². The zero-order valence-corrected chi connectivity index (χ0v) is 27.4. The van der Waals surface area contributed by atoms with Gasteiger partial charge in [0.2, 0.25) is 11.8 Å². The topological polar surface area (TPSA) is 145 Å². The number of ether oxygens (including phenoxy) is 1. The lowest BCUT2D eigenvalue weighted by Gasteiger charge is -2.33. The molecule has 0 bridgehead atoms. The second-order valence-corrected chi connectivity index (χ2v) is 14.3. The van der Waals surface area contributed by atoms with Crippen LogP contribution in [-0.4, -0.2) is 94.5 Å². The molecule has 1 aromatic heterocycles. The molecule has 12 nitrogen and oxygen atoms in total. The molecule has 3 saturated heterocycles. The number of anilines is 1. The molecule has 2 N–H and O–H groups in total. The van der Waals surface area contributed by atoms with E-state index in [1.807, 2.05) is 6.07 Å². The summed E-state index contributed by atoms with van der Waals surface area (Å²) in [5.74, 6) is -1.16. The quantitative estimate of drug-likeness (QED) is 0.342. The Morgan fingerprint density at radius 3 is 2.44 bits per heavy atom. The van der Waals surface area contributed by atoms with Crippen LogP contribution in [0, 0.1) is 11.7 Å². The number of carbonyl (C=O) groups is 4. The van der Waals surface area contributed by atoms with Gasteiger partial charge in [-0.3, -0.25) is 34.2 Å². The van der Waals surface area contributed by atoms with Gasteiger partial charge in [0.25, 0.3) is 17.4 Å². The predicted octanol–water partition coefficient (Wildman–Crippen LogP) is 3.09. The summed E-state index contributed by atoms with van der Waals surface area (Å²) < 4.78 is 21.1. The molecule has 4 amide bonds. The molecule has 2 aromatic carbocycles. The van der Waals surface area contributed by atoms with E-state index < -0.39 is 41.0 Å². The molecule has 48 heavy (non-hydrogen) atoms. The first-order chi connectivity index (χ1) is 23.1. The van der Waals surface area contributed by atoms with Crippen LogP contribution in [0.25, 0.3) is 10.9 Å². The molecule has 4 aliphatic rings. The summed E-state index contributed by atoms with van der Waals surface area (Å²) in [6, 6.07) is 7.00. The predicted molar refractivity (Wildman–Crippen MR) is 178 cm³/mol. The Hall–Kier alpha value is -4.30. The van der Waals surface area contributed by atoms with Crippen LogP contribution in [0.4, 0.5) is 10.1 Å². The Labute approximate surface area is 280 Å². The minimum atomic E-state index is -1.00. The molecule has 5 heterocycles. The van der Waals surface area contributed by atoms with Gasteiger partial charge in [0.05, 0.1) is 29.0 Å². The summed E-state index contributed by atoms with van der Waals surface area (Å²) >= 11 is 1.77. The molecular formula is C34H37FN6O6S. The van der Waals surface area contributed by atoms with E-state index in [9.17, 15) is 24.0 Å². The number of amides is 4. The number of thioether (sulfide) groups is 1. The lowest BCUT2D eigenvalue weighted by atomic mass is 9.97. The average Bonchev–Trinajstić information content (AvgIpc) is 3.31. The second-order valence-electron chi connectivity index (χ2n) is 13.0. The Kier molecular flexibility index (Phi) is 8.94. The molecule has 1 unspecified atom stereocenters. The van der Waals surface area contributed by atoms with Gasteiger partial charge < -0.3 is 19.5 Å². The number of carbonyl (C=O) groups excluding carboxylic acids is 4. The Balaban J connectivity index is 0.956. The third kappa shape index (κ3) is 6.42. The first kappa shape index (κ1) is 32.3. The number of aromatic amines is 1. The highest BCUT2D eigenvalue weighted by Gasteiger charge is 2.44. The van der Waals surface area contributed by atoms with Crippen molar-refractivity contribution in [2.75, 3.05) is 44.7 Å². The molecular weight excluding hydrogens is 639 g/mol. The smallest absolute Gasteiger partial charge is 0.262 e. The van der Waals surface area contributed by atoms with Crippen LogP contribution >= 0.6 is 11.8 Å². The molecule has 0 saturated carbocycles. The number of rotatable bonds is 8. The SMILES string of the molecule is CN1CCC(SCc2nc3cc(OCC4CCN(c5ccc6c(c5)C(=O)N(C5CCC(=O)NC5=O)C6=O)CC4)cc(F)c3c(=O)[nH]2)CC1. The van der Waals surface area contributed by atoms with Crippen LogP contribution in [0.2, 0.25) is 0 Å². The third-order valence-electron chi connectivity index (χ3n) is 9.79. The van der Waals surface area contributed by atoms with Gasteiger partial charge in [-0.15, -0.1) is 0 Å². The lowest BCUT2D eigenvalue weighted by molar-refractivity contribution is -0.136. The Bertz CT molecular complexity index is 1850. The van der Waals surface area contributed by atoms with Gasteiger partial charge in [0.15, 0.2) is 0 Å². The normalized spacial score (nSPS) is 21.2. The fourth-order valence-corrected chi connectivity index (χ4v) is 8.05. The highest BCUT2D eigenvalue weighted by Crippen LogP contribution is 2.33. The highest BCUT2D eigenvalue weighted by molar-refractivity contribution is 7.99. The van der Waals surface area contributed by atoms with Crippen LogP contribution in [0.15, 0.2) is 35.1 Å². The molecule has 1 atom stereocenters. The summed E-state index contributed by atoms with van der Waals surface area (Å²) in [4.78, 5) is 75.7. The molecule has 3 aromatic rings. The Morgan fingerprint density at radius 2 is 1.69 bits per heavy atom. The van der Waals surface area contributed by atoms with E-state index in [0.29, 0.717) is 42.3 Å². The van der Waals surface area contributed by atoms with Crippen LogP contribution in [0.5, 0.6) is 5.75 Å². The van der Waals surface area contributed by atoms with Gasteiger partial charge in [-0.25, -0.2) is 9.37 Å². The van der Waals surface area contributed by atoms with Crippen molar-refractivity contribution in [1.29, 1.82) is 0 Å². The number of halogens is 1. The maximum atomic E-state index is 15.0. The van der Waals surface area contributed by atoms with Crippen molar-refractivity contribution in [3.63, 3.8) is 0 Å². The van der Waals surface area contributed by atoms with Crippen molar-refractivity contribution >= 4 is 52.0 Å². The van der Waals surface area contributed by atoms with Crippen LogP contribution in [0.1, 0.15) is 65.1 Å². The van der Waals surface area contributed by atoms with Crippen molar-refractivity contribution < 1.29 is 28.3 Å². The minimum absolute atomic E-state index is 0.0686. The zero-order valence-electron chi connectivity index (χ0n) is 26.6. The number of benzene rings is 2. The van der Waals surface area contributed by atoms with Gasteiger partial charge in [-0.2, -0.15) is 11.8 Å². The van der Waals surface area contributed by atoms with E-state index >= 15 is 4.39 Å². The van der Waals surface area contributed by atoms with Crippen molar-refractivity contribution in [3.8, 4) is 5.75 Å². The summed E-state index contributed by atoms with van der Waals surface area (Å²) in [5, 5.41) is 2.65. The second kappa shape index (κ2) is 13.3. The standard InChI is InChI=1S/C34H37FN6O6S/c1-39-10-8-22(9-11-39)48-18-28-36-26-16-21(15-25(35)30(26)32(44)37-28)47-17-19-6-12-40(13-7-19)20-2-3-23-24(14-20)34(46)41(33(23)45)27-4-5-29(42)38-31(27)43/h2-3,14-16,19,22,27H,4-13,17-18H2,1H3,(H,36,37,44)(H,38,42,43).